The van der Waals surface area contributed by atoms with Gasteiger partial charge in [-0.25, -0.2) is 8.42 Å². The molecule has 1 N–H and O–H groups in total. The lowest BCUT2D eigenvalue weighted by Crippen LogP contribution is -2.45. The Labute approximate surface area is 167 Å². The van der Waals surface area contributed by atoms with E-state index in [9.17, 15) is 22.0 Å². The molecule has 0 bridgehead atoms. The number of benzene rings is 2. The molecule has 1 atom stereocenters. The third kappa shape index (κ3) is 6.15. The summed E-state index contributed by atoms with van der Waals surface area (Å²) in [6.45, 7) is -1.31. The van der Waals surface area contributed by atoms with E-state index in [4.69, 9.17) is 11.6 Å². The molecule has 28 heavy (non-hydrogen) atoms. The molecule has 0 heterocycles. The lowest BCUT2D eigenvalue weighted by atomic mass is 10.2. The van der Waals surface area contributed by atoms with E-state index in [-0.39, 0.29) is 17.2 Å². The van der Waals surface area contributed by atoms with Crippen LogP contribution in [0.15, 0.2) is 53.4 Å². The number of hydrogen-bond donors (Lipinski definition) is 1. The quantitative estimate of drug-likeness (QED) is 0.694. The Bertz CT molecular complexity index is 906. The van der Waals surface area contributed by atoms with Crippen molar-refractivity contribution in [3.8, 4) is 5.75 Å². The van der Waals surface area contributed by atoms with Crippen molar-refractivity contribution in [1.29, 1.82) is 0 Å². The van der Waals surface area contributed by atoms with E-state index >= 15 is 0 Å². The number of amides is 1. The number of nitrogens with one attached hydrogen (secondary N) is 1. The Hall–Kier alpha value is -2.23. The van der Waals surface area contributed by atoms with Crippen LogP contribution in [0, 0.1) is 0 Å². The fraction of sp³-hybridized carbons (Fsp3) is 0.278. The maximum absolute atomic E-state index is 12.5. The molecule has 0 saturated carbocycles. The van der Waals surface area contributed by atoms with Crippen molar-refractivity contribution >= 4 is 27.5 Å². The number of ether oxygens (including phenoxy) is 1. The highest BCUT2D eigenvalue weighted by Crippen LogP contribution is 2.17. The van der Waals surface area contributed by atoms with Crippen LogP contribution in [0.4, 0.5) is 8.78 Å². The van der Waals surface area contributed by atoms with Gasteiger partial charge in [0.05, 0.1) is 10.9 Å². The summed E-state index contributed by atoms with van der Waals surface area (Å²) in [5.74, 6) is -0.442. The molecule has 0 aliphatic rings. The summed E-state index contributed by atoms with van der Waals surface area (Å²) in [6.07, 6.45) is 0. The van der Waals surface area contributed by atoms with Crippen LogP contribution in [-0.2, 0) is 21.4 Å². The molecule has 10 heteroatoms. The maximum Gasteiger partial charge on any atom is 0.387 e. The van der Waals surface area contributed by atoms with Gasteiger partial charge >= 0.3 is 6.61 Å². The predicted octanol–water partition coefficient (Wildman–Crippen LogP) is 3.27. The van der Waals surface area contributed by atoms with Crippen LogP contribution in [0.3, 0.4) is 0 Å². The van der Waals surface area contributed by atoms with E-state index in [0.717, 1.165) is 0 Å². The Kier molecular flexibility index (Phi) is 7.34. The largest absolute Gasteiger partial charge is 0.435 e. The summed E-state index contributed by atoms with van der Waals surface area (Å²) in [4.78, 5) is 13.8. The topological polar surface area (TPSA) is 75.7 Å². The molecule has 0 saturated heterocycles. The molecule has 0 fully saturated rings. The first-order valence-electron chi connectivity index (χ1n) is 8.15. The summed E-state index contributed by atoms with van der Waals surface area (Å²) < 4.78 is 55.7. The lowest BCUT2D eigenvalue weighted by Gasteiger charge is -2.22. The van der Waals surface area contributed by atoms with E-state index in [1.54, 1.807) is 12.1 Å². The SMILES string of the molecule is CC(NS(=O)(=O)c1ccc(Cl)cc1)C(=O)N(C)Cc1ccc(OC(F)F)cc1. The summed E-state index contributed by atoms with van der Waals surface area (Å²) in [5, 5.41) is 0.396. The second-order valence-corrected chi connectivity index (χ2v) is 8.16. The number of carbonyl (C=O) groups excluding carboxylic acids is 1. The maximum atomic E-state index is 12.5. The third-order valence-electron chi connectivity index (χ3n) is 3.77. The molecule has 1 unspecified atom stereocenters. The van der Waals surface area contributed by atoms with Gasteiger partial charge in [0.15, 0.2) is 0 Å². The van der Waals surface area contributed by atoms with Gasteiger partial charge in [-0.15, -0.1) is 0 Å². The van der Waals surface area contributed by atoms with Crippen LogP contribution >= 0.6 is 11.6 Å². The smallest absolute Gasteiger partial charge is 0.387 e. The predicted molar refractivity (Wildman–Crippen MR) is 101 cm³/mol. The molecule has 0 radical (unpaired) electrons. The summed E-state index contributed by atoms with van der Waals surface area (Å²) in [5.41, 5.74) is 0.672. The zero-order valence-corrected chi connectivity index (χ0v) is 16.7. The van der Waals surface area contributed by atoms with E-state index < -0.39 is 28.6 Å². The van der Waals surface area contributed by atoms with Gasteiger partial charge in [-0.1, -0.05) is 23.7 Å². The number of rotatable bonds is 8. The molecular formula is C18H19ClF2N2O4S. The Balaban J connectivity index is 1.99. The lowest BCUT2D eigenvalue weighted by molar-refractivity contribution is -0.131. The van der Waals surface area contributed by atoms with E-state index in [2.05, 4.69) is 9.46 Å². The van der Waals surface area contributed by atoms with Crippen molar-refractivity contribution in [1.82, 2.24) is 9.62 Å². The highest BCUT2D eigenvalue weighted by atomic mass is 35.5. The van der Waals surface area contributed by atoms with Crippen molar-refractivity contribution < 1.29 is 26.7 Å². The molecule has 1 amide bonds. The number of likely N-dealkylation sites (N-methyl/N-ethyl adjacent to an activating group) is 1. The van der Waals surface area contributed by atoms with Crippen molar-refractivity contribution in [2.24, 2.45) is 0 Å². The van der Waals surface area contributed by atoms with Gasteiger partial charge in [0, 0.05) is 18.6 Å². The Morgan fingerprint density at radius 3 is 2.25 bits per heavy atom. The minimum atomic E-state index is -3.89. The van der Waals surface area contributed by atoms with Crippen molar-refractivity contribution in [3.05, 3.63) is 59.1 Å². The molecule has 0 aromatic heterocycles. The zero-order valence-electron chi connectivity index (χ0n) is 15.1. The van der Waals surface area contributed by atoms with Gasteiger partial charge in [-0.3, -0.25) is 4.79 Å². The van der Waals surface area contributed by atoms with Gasteiger partial charge in [0.2, 0.25) is 15.9 Å². The Morgan fingerprint density at radius 2 is 1.71 bits per heavy atom. The number of carbonyl (C=O) groups is 1. The van der Waals surface area contributed by atoms with Crippen LogP contribution in [0.2, 0.25) is 5.02 Å². The standard InChI is InChI=1S/C18H19ClF2N2O4S/c1-12(22-28(25,26)16-9-5-14(19)6-10-16)17(24)23(2)11-13-3-7-15(8-4-13)27-18(20)21/h3-10,12,18,22H,11H2,1-2H3. The van der Waals surface area contributed by atoms with Crippen LogP contribution in [0.1, 0.15) is 12.5 Å². The Morgan fingerprint density at radius 1 is 1.14 bits per heavy atom. The number of halogens is 3. The average molecular weight is 433 g/mol. The monoisotopic (exact) mass is 432 g/mol. The highest BCUT2D eigenvalue weighted by molar-refractivity contribution is 7.89. The average Bonchev–Trinajstić information content (AvgIpc) is 2.62. The molecule has 2 rings (SSSR count). The first-order valence-corrected chi connectivity index (χ1v) is 10.0. The number of alkyl halides is 2. The van der Waals surface area contributed by atoms with Crippen LogP contribution < -0.4 is 9.46 Å². The summed E-state index contributed by atoms with van der Waals surface area (Å²) >= 11 is 5.75. The van der Waals surface area contributed by atoms with Gasteiger partial charge in [-0.05, 0) is 48.9 Å². The fourth-order valence-electron chi connectivity index (χ4n) is 2.42. The van der Waals surface area contributed by atoms with Gasteiger partial charge < -0.3 is 9.64 Å². The normalized spacial score (nSPS) is 12.6. The molecule has 6 nitrogen and oxygen atoms in total. The first-order chi connectivity index (χ1) is 13.1. The second-order valence-electron chi connectivity index (χ2n) is 6.01. The van der Waals surface area contributed by atoms with Crippen LogP contribution in [0.5, 0.6) is 5.75 Å². The molecule has 2 aromatic rings. The van der Waals surface area contributed by atoms with Crippen molar-refractivity contribution in [3.63, 3.8) is 0 Å². The fourth-order valence-corrected chi connectivity index (χ4v) is 3.75. The molecule has 0 aliphatic carbocycles. The molecule has 0 spiro atoms. The minimum Gasteiger partial charge on any atom is -0.435 e. The first kappa shape index (κ1) is 22.1. The molecular weight excluding hydrogens is 414 g/mol. The number of nitrogens with zero attached hydrogens (tertiary/aromatic N) is 1. The second kappa shape index (κ2) is 9.31. The third-order valence-corrected chi connectivity index (χ3v) is 5.58. The highest BCUT2D eigenvalue weighted by Gasteiger charge is 2.24. The van der Waals surface area contributed by atoms with Gasteiger partial charge in [-0.2, -0.15) is 13.5 Å². The van der Waals surface area contributed by atoms with E-state index in [1.165, 1.54) is 55.3 Å². The number of sulfonamides is 1. The molecule has 2 aromatic carbocycles. The minimum absolute atomic E-state index is 0.00572. The van der Waals surface area contributed by atoms with Gasteiger partial charge in [0.1, 0.15) is 5.75 Å². The zero-order chi connectivity index (χ0) is 20.9. The van der Waals surface area contributed by atoms with Crippen LogP contribution in [0.25, 0.3) is 0 Å². The molecule has 152 valence electrons. The van der Waals surface area contributed by atoms with Crippen molar-refractivity contribution in [2.75, 3.05) is 7.05 Å². The molecule has 0 aliphatic heterocycles. The van der Waals surface area contributed by atoms with E-state index in [1.807, 2.05) is 0 Å². The van der Waals surface area contributed by atoms with E-state index in [0.29, 0.717) is 10.6 Å². The van der Waals surface area contributed by atoms with Crippen molar-refractivity contribution in [2.45, 2.75) is 31.0 Å². The number of hydrogen-bond acceptors (Lipinski definition) is 4. The summed E-state index contributed by atoms with van der Waals surface area (Å²) in [6, 6.07) is 10.4. The van der Waals surface area contributed by atoms with Gasteiger partial charge in [0.25, 0.3) is 0 Å². The summed E-state index contributed by atoms with van der Waals surface area (Å²) in [7, 11) is -2.38. The van der Waals surface area contributed by atoms with Crippen LogP contribution in [-0.4, -0.2) is 38.9 Å².